The topological polar surface area (TPSA) is 86.3 Å². The third-order valence-electron chi connectivity index (χ3n) is 0.891. The second kappa shape index (κ2) is 2.75. The zero-order valence-corrected chi connectivity index (χ0v) is 5.94. The Morgan fingerprint density at radius 2 is 2.18 bits per heavy atom. The first-order valence-electron chi connectivity index (χ1n) is 2.55. The number of carbonyl (C=O) groups is 3. The van der Waals surface area contributed by atoms with Gasteiger partial charge in [0.05, 0.1) is 10.9 Å². The number of carbonyl (C=O) groups excluding carboxylic acids is 3. The molecule has 1 rings (SSSR count). The number of hydrogen-bond acceptors (Lipinski definition) is 5. The lowest BCUT2D eigenvalue weighted by Crippen LogP contribution is -2.22. The largest absolute Gasteiger partial charge is 0.545 e. The smallest absolute Gasteiger partial charge is 0.290 e. The van der Waals surface area contributed by atoms with Crippen LogP contribution in [0, 0.1) is 0 Å². The van der Waals surface area contributed by atoms with Crippen molar-refractivity contribution in [1.82, 2.24) is 5.32 Å². The van der Waals surface area contributed by atoms with Crippen molar-refractivity contribution >= 4 is 28.9 Å². The minimum absolute atomic E-state index is 0.144. The Balaban J connectivity index is 2.83. The summed E-state index contributed by atoms with van der Waals surface area (Å²) >= 11 is 0.543. The highest BCUT2D eigenvalue weighted by Crippen LogP contribution is 2.21. The number of amides is 2. The Morgan fingerprint density at radius 3 is 2.55 bits per heavy atom. The molecule has 0 aromatic heterocycles. The van der Waals surface area contributed by atoms with Crippen molar-refractivity contribution in [1.29, 1.82) is 0 Å². The van der Waals surface area contributed by atoms with Crippen LogP contribution in [-0.2, 0) is 9.59 Å². The van der Waals surface area contributed by atoms with E-state index in [0.29, 0.717) is 17.8 Å². The van der Waals surface area contributed by atoms with Crippen molar-refractivity contribution in [2.75, 3.05) is 0 Å². The molecule has 0 radical (unpaired) electrons. The summed E-state index contributed by atoms with van der Waals surface area (Å²) in [4.78, 5) is 30.8. The fourth-order valence-corrected chi connectivity index (χ4v) is 1.17. The van der Waals surface area contributed by atoms with E-state index in [4.69, 9.17) is 0 Å². The molecule has 0 unspecified atom stereocenters. The second-order valence-corrected chi connectivity index (χ2v) is 2.69. The average Bonchev–Trinajstić information content (AvgIpc) is 2.09. The van der Waals surface area contributed by atoms with Crippen molar-refractivity contribution in [3.05, 3.63) is 11.0 Å². The quantitative estimate of drug-likeness (QED) is 0.492. The van der Waals surface area contributed by atoms with Gasteiger partial charge in [0.25, 0.3) is 11.1 Å². The van der Waals surface area contributed by atoms with Gasteiger partial charge < -0.3 is 9.90 Å². The molecule has 0 aromatic carbocycles. The maximum absolute atomic E-state index is 10.6. The van der Waals surface area contributed by atoms with Gasteiger partial charge in [-0.25, -0.2) is 0 Å². The minimum atomic E-state index is -1.49. The number of carboxylic acids is 1. The van der Waals surface area contributed by atoms with E-state index < -0.39 is 17.1 Å². The number of hydrogen-bond donors (Lipinski definition) is 1. The Kier molecular flexibility index (Phi) is 1.95. The van der Waals surface area contributed by atoms with Crippen molar-refractivity contribution in [2.45, 2.75) is 0 Å². The molecule has 58 valence electrons. The SMILES string of the molecule is O=C([O-])/C=C1\SC(=O)NC1=O. The number of imide groups is 1. The van der Waals surface area contributed by atoms with Gasteiger partial charge in [-0.05, 0) is 17.8 Å². The number of aliphatic carboxylic acids is 1. The van der Waals surface area contributed by atoms with Gasteiger partial charge >= 0.3 is 0 Å². The summed E-state index contributed by atoms with van der Waals surface area (Å²) in [5.74, 6) is -2.18. The van der Waals surface area contributed by atoms with Gasteiger partial charge in [0, 0.05) is 0 Å². The molecular formula is C5H2NO4S-. The zero-order chi connectivity index (χ0) is 8.43. The van der Waals surface area contributed by atoms with Crippen molar-refractivity contribution in [3.8, 4) is 0 Å². The average molecular weight is 172 g/mol. The van der Waals surface area contributed by atoms with E-state index in [9.17, 15) is 19.5 Å². The predicted octanol–water partition coefficient (Wildman–Crippen LogP) is -1.40. The first-order chi connectivity index (χ1) is 5.09. The van der Waals surface area contributed by atoms with Crippen LogP contribution in [0.1, 0.15) is 0 Å². The van der Waals surface area contributed by atoms with Gasteiger partial charge in [0.1, 0.15) is 0 Å². The second-order valence-electron chi connectivity index (χ2n) is 1.67. The molecule has 1 N–H and O–H groups in total. The van der Waals surface area contributed by atoms with Crippen LogP contribution in [0.3, 0.4) is 0 Å². The monoisotopic (exact) mass is 172 g/mol. The van der Waals surface area contributed by atoms with Crippen LogP contribution in [0.15, 0.2) is 11.0 Å². The summed E-state index contributed by atoms with van der Waals surface area (Å²) in [6.45, 7) is 0. The molecule has 0 atom stereocenters. The molecule has 1 aliphatic rings. The molecule has 0 aliphatic carbocycles. The lowest BCUT2D eigenvalue weighted by atomic mass is 10.5. The van der Waals surface area contributed by atoms with E-state index in [0.717, 1.165) is 0 Å². The van der Waals surface area contributed by atoms with E-state index in [2.05, 4.69) is 0 Å². The van der Waals surface area contributed by atoms with E-state index in [1.54, 1.807) is 0 Å². The number of rotatable bonds is 1. The third kappa shape index (κ3) is 1.81. The van der Waals surface area contributed by atoms with Crippen molar-refractivity contribution in [3.63, 3.8) is 0 Å². The van der Waals surface area contributed by atoms with Crippen LogP contribution in [0.2, 0.25) is 0 Å². The molecule has 0 aromatic rings. The maximum Gasteiger partial charge on any atom is 0.290 e. The number of thioether (sulfide) groups is 1. The Labute approximate surface area is 65.5 Å². The Bertz CT molecular complexity index is 270. The van der Waals surface area contributed by atoms with Crippen LogP contribution in [0.4, 0.5) is 4.79 Å². The van der Waals surface area contributed by atoms with Crippen LogP contribution in [-0.4, -0.2) is 17.1 Å². The predicted molar refractivity (Wildman–Crippen MR) is 34.2 cm³/mol. The number of carboxylic acid groups (broad SMARTS) is 1. The molecule has 1 heterocycles. The molecular weight excluding hydrogens is 170 g/mol. The highest BCUT2D eigenvalue weighted by Gasteiger charge is 2.24. The molecule has 0 spiro atoms. The molecule has 0 bridgehead atoms. The molecule has 0 saturated carbocycles. The summed E-state index contributed by atoms with van der Waals surface area (Å²) < 4.78 is 0. The van der Waals surface area contributed by atoms with Crippen LogP contribution in [0.25, 0.3) is 0 Å². The van der Waals surface area contributed by atoms with Gasteiger partial charge in [-0.3, -0.25) is 14.9 Å². The van der Waals surface area contributed by atoms with Gasteiger partial charge in [0.2, 0.25) is 0 Å². The van der Waals surface area contributed by atoms with Gasteiger partial charge in [-0.15, -0.1) is 0 Å². The first-order valence-corrected chi connectivity index (χ1v) is 3.37. The van der Waals surface area contributed by atoms with Gasteiger partial charge in [-0.1, -0.05) is 0 Å². The first kappa shape index (κ1) is 7.80. The van der Waals surface area contributed by atoms with Crippen molar-refractivity contribution < 1.29 is 19.5 Å². The summed E-state index contributed by atoms with van der Waals surface area (Å²) in [7, 11) is 0. The summed E-state index contributed by atoms with van der Waals surface area (Å²) in [5.41, 5.74) is 0. The van der Waals surface area contributed by atoms with Crippen LogP contribution < -0.4 is 10.4 Å². The van der Waals surface area contributed by atoms with Crippen LogP contribution >= 0.6 is 11.8 Å². The fourth-order valence-electron chi connectivity index (χ4n) is 0.528. The molecule has 11 heavy (non-hydrogen) atoms. The van der Waals surface area contributed by atoms with E-state index >= 15 is 0 Å². The zero-order valence-electron chi connectivity index (χ0n) is 5.12. The number of nitrogens with one attached hydrogen (secondary N) is 1. The van der Waals surface area contributed by atoms with E-state index in [1.165, 1.54) is 0 Å². The lowest BCUT2D eigenvalue weighted by Gasteiger charge is -1.91. The molecule has 2 amide bonds. The normalized spacial score (nSPS) is 20.5. The molecule has 1 fully saturated rings. The molecule has 1 saturated heterocycles. The minimum Gasteiger partial charge on any atom is -0.545 e. The summed E-state index contributed by atoms with van der Waals surface area (Å²) in [5, 5.41) is 11.2. The van der Waals surface area contributed by atoms with E-state index in [1.807, 2.05) is 5.32 Å². The van der Waals surface area contributed by atoms with Crippen molar-refractivity contribution in [2.24, 2.45) is 0 Å². The van der Waals surface area contributed by atoms with Crippen LogP contribution in [0.5, 0.6) is 0 Å². The molecule has 5 nitrogen and oxygen atoms in total. The van der Waals surface area contributed by atoms with E-state index in [-0.39, 0.29) is 4.91 Å². The summed E-state index contributed by atoms with van der Waals surface area (Å²) in [6, 6.07) is 0. The maximum atomic E-state index is 10.6. The third-order valence-corrected chi connectivity index (χ3v) is 1.70. The highest BCUT2D eigenvalue weighted by molar-refractivity contribution is 8.18. The molecule has 6 heteroatoms. The van der Waals surface area contributed by atoms with Gasteiger partial charge in [-0.2, -0.15) is 0 Å². The Morgan fingerprint density at radius 1 is 1.55 bits per heavy atom. The fraction of sp³-hybridized carbons (Fsp3) is 0. The molecule has 1 aliphatic heterocycles. The summed E-state index contributed by atoms with van der Waals surface area (Å²) in [6.07, 6.45) is 0.588. The lowest BCUT2D eigenvalue weighted by molar-refractivity contribution is -0.297. The Hall–Kier alpha value is -1.30. The highest BCUT2D eigenvalue weighted by atomic mass is 32.2. The standard InChI is InChI=1S/C5H3NO4S/c7-3(8)1-2-4(9)6-5(10)11-2/h1H,(H,7,8)(H,6,9,10)/p-1/b2-1-. The van der Waals surface area contributed by atoms with Gasteiger partial charge in [0.15, 0.2) is 0 Å².